The maximum absolute atomic E-state index is 12.4. The highest BCUT2D eigenvalue weighted by molar-refractivity contribution is 7.15. The third kappa shape index (κ3) is 1.52. The number of hydrogen-bond donors (Lipinski definition) is 0. The molecule has 4 rings (SSSR count). The van der Waals surface area contributed by atoms with Gasteiger partial charge in [0.25, 0.3) is 5.56 Å². The molecule has 0 aliphatic carbocycles. The zero-order valence-corrected chi connectivity index (χ0v) is 10.6. The minimum atomic E-state index is -0.0508. The lowest BCUT2D eigenvalue weighted by Gasteiger charge is -1.86. The van der Waals surface area contributed by atoms with Crippen molar-refractivity contribution in [3.63, 3.8) is 0 Å². The average molecular weight is 268 g/mol. The summed E-state index contributed by atoms with van der Waals surface area (Å²) in [5.74, 6) is 0.672. The topological polar surface area (TPSA) is 47.5 Å². The first-order valence-electron chi connectivity index (χ1n) is 5.78. The Morgan fingerprint density at radius 3 is 2.95 bits per heavy atom. The molecule has 0 spiro atoms. The van der Waals surface area contributed by atoms with Gasteiger partial charge in [-0.2, -0.15) is 0 Å². The van der Waals surface area contributed by atoms with Crippen molar-refractivity contribution in [2.45, 2.75) is 0 Å². The first-order chi connectivity index (χ1) is 9.33. The molecule has 1 aromatic carbocycles. The Morgan fingerprint density at radius 2 is 2.11 bits per heavy atom. The quantitative estimate of drug-likeness (QED) is 0.531. The van der Waals surface area contributed by atoms with Gasteiger partial charge < -0.3 is 4.42 Å². The summed E-state index contributed by atoms with van der Waals surface area (Å²) in [6, 6.07) is 11.2. The fourth-order valence-corrected chi connectivity index (χ4v) is 3.08. The zero-order chi connectivity index (χ0) is 12.8. The van der Waals surface area contributed by atoms with Crippen molar-refractivity contribution in [2.75, 3.05) is 0 Å². The lowest BCUT2D eigenvalue weighted by molar-refractivity contribution is 0.556. The zero-order valence-electron chi connectivity index (χ0n) is 9.74. The molecule has 0 atom stereocenters. The minimum absolute atomic E-state index is 0.0508. The molecule has 92 valence electrons. The highest BCUT2D eigenvalue weighted by Gasteiger charge is 2.10. The van der Waals surface area contributed by atoms with E-state index in [-0.39, 0.29) is 5.56 Å². The van der Waals surface area contributed by atoms with Crippen molar-refractivity contribution in [3.05, 3.63) is 63.3 Å². The van der Waals surface area contributed by atoms with Crippen LogP contribution in [0.25, 0.3) is 22.1 Å². The molecule has 4 aromatic rings. The van der Waals surface area contributed by atoms with Crippen molar-refractivity contribution in [1.82, 2.24) is 9.38 Å². The number of aromatic nitrogens is 2. The number of rotatable bonds is 1. The third-order valence-corrected chi connectivity index (χ3v) is 3.93. The van der Waals surface area contributed by atoms with Crippen LogP contribution in [0, 0.1) is 0 Å². The van der Waals surface area contributed by atoms with Crippen LogP contribution in [0.5, 0.6) is 0 Å². The van der Waals surface area contributed by atoms with Crippen LogP contribution in [0.4, 0.5) is 0 Å². The number of furan rings is 1. The Hall–Kier alpha value is -2.40. The van der Waals surface area contributed by atoms with Gasteiger partial charge in [-0.25, -0.2) is 9.38 Å². The lowest BCUT2D eigenvalue weighted by Crippen LogP contribution is -2.22. The number of para-hydroxylation sites is 2. The molecule has 0 saturated heterocycles. The number of benzene rings is 1. The molecule has 4 nitrogen and oxygen atoms in total. The number of fused-ring (bicyclic) bond motifs is 3. The molecular formula is C14H8N2O2S. The van der Waals surface area contributed by atoms with Gasteiger partial charge in [0.05, 0.1) is 17.3 Å². The largest absolute Gasteiger partial charge is 0.465 e. The van der Waals surface area contributed by atoms with Crippen molar-refractivity contribution in [1.29, 1.82) is 0 Å². The average Bonchev–Trinajstić information content (AvgIpc) is 3.09. The van der Waals surface area contributed by atoms with Crippen LogP contribution in [-0.2, 0) is 0 Å². The smallest absolute Gasteiger partial charge is 0.275 e. The SMILES string of the molecule is O=c1c(=Cc2ccco2)sc2nc3ccccc3n12. The summed E-state index contributed by atoms with van der Waals surface area (Å²) in [4.78, 5) is 17.6. The molecule has 0 saturated carbocycles. The van der Waals surface area contributed by atoms with E-state index in [9.17, 15) is 4.79 Å². The third-order valence-electron chi connectivity index (χ3n) is 2.96. The molecule has 5 heteroatoms. The van der Waals surface area contributed by atoms with E-state index in [0.717, 1.165) is 11.0 Å². The second-order valence-corrected chi connectivity index (χ2v) is 5.16. The highest BCUT2D eigenvalue weighted by atomic mass is 32.1. The van der Waals surface area contributed by atoms with Crippen molar-refractivity contribution in [3.8, 4) is 0 Å². The van der Waals surface area contributed by atoms with Gasteiger partial charge in [-0.15, -0.1) is 0 Å². The van der Waals surface area contributed by atoms with Gasteiger partial charge in [0, 0.05) is 6.08 Å². The van der Waals surface area contributed by atoms with Crippen LogP contribution in [0.2, 0.25) is 0 Å². The van der Waals surface area contributed by atoms with E-state index in [1.807, 2.05) is 30.3 Å². The Kier molecular flexibility index (Phi) is 2.10. The summed E-state index contributed by atoms with van der Waals surface area (Å²) in [7, 11) is 0. The molecule has 0 amide bonds. The fourth-order valence-electron chi connectivity index (χ4n) is 2.11. The van der Waals surface area contributed by atoms with Crippen LogP contribution < -0.4 is 10.1 Å². The summed E-state index contributed by atoms with van der Waals surface area (Å²) in [6.07, 6.45) is 3.33. The number of nitrogens with zero attached hydrogens (tertiary/aromatic N) is 2. The Balaban J connectivity index is 2.11. The molecule has 0 radical (unpaired) electrons. The maximum atomic E-state index is 12.4. The van der Waals surface area contributed by atoms with Gasteiger partial charge >= 0.3 is 0 Å². The molecule has 3 heterocycles. The van der Waals surface area contributed by atoms with E-state index in [1.54, 1.807) is 22.8 Å². The normalized spacial score (nSPS) is 12.7. The molecule has 0 bridgehead atoms. The van der Waals surface area contributed by atoms with Gasteiger partial charge in [0.1, 0.15) is 10.3 Å². The van der Waals surface area contributed by atoms with Gasteiger partial charge in [0.15, 0.2) is 4.96 Å². The highest BCUT2D eigenvalue weighted by Crippen LogP contribution is 2.15. The summed E-state index contributed by atoms with van der Waals surface area (Å²) < 4.78 is 7.51. The second kappa shape index (κ2) is 3.80. The van der Waals surface area contributed by atoms with E-state index in [2.05, 4.69) is 4.98 Å². The van der Waals surface area contributed by atoms with Crippen LogP contribution in [0.3, 0.4) is 0 Å². The standard InChI is InChI=1S/C14H8N2O2S/c17-13-12(8-9-4-3-7-18-9)19-14-15-10-5-1-2-6-11(10)16(13)14/h1-8H. The van der Waals surface area contributed by atoms with Crippen molar-refractivity contribution < 1.29 is 4.42 Å². The Bertz CT molecular complexity index is 980. The maximum Gasteiger partial charge on any atom is 0.275 e. The van der Waals surface area contributed by atoms with Crippen molar-refractivity contribution in [2.24, 2.45) is 0 Å². The minimum Gasteiger partial charge on any atom is -0.465 e. The van der Waals surface area contributed by atoms with Gasteiger partial charge in [-0.05, 0) is 24.3 Å². The molecule has 0 unspecified atom stereocenters. The lowest BCUT2D eigenvalue weighted by atomic mass is 10.3. The molecule has 3 aromatic heterocycles. The number of imidazole rings is 1. The van der Waals surface area contributed by atoms with Crippen molar-refractivity contribution >= 4 is 33.4 Å². The van der Waals surface area contributed by atoms with Crippen LogP contribution in [0.15, 0.2) is 51.9 Å². The van der Waals surface area contributed by atoms with E-state index in [1.165, 1.54) is 11.3 Å². The van der Waals surface area contributed by atoms with E-state index in [4.69, 9.17) is 4.42 Å². The predicted octanol–water partition coefficient (Wildman–Crippen LogP) is 2.05. The second-order valence-electron chi connectivity index (χ2n) is 4.15. The van der Waals surface area contributed by atoms with Crippen LogP contribution in [-0.4, -0.2) is 9.38 Å². The van der Waals surface area contributed by atoms with Gasteiger partial charge in [-0.1, -0.05) is 23.5 Å². The molecule has 0 aliphatic rings. The monoisotopic (exact) mass is 268 g/mol. The van der Waals surface area contributed by atoms with Gasteiger partial charge in [-0.3, -0.25) is 4.79 Å². The molecular weight excluding hydrogens is 260 g/mol. The molecule has 0 N–H and O–H groups in total. The summed E-state index contributed by atoms with van der Waals surface area (Å²) in [5, 5.41) is 0. The molecule has 0 aliphatic heterocycles. The Labute approximate surface area is 111 Å². The predicted molar refractivity (Wildman–Crippen MR) is 74.3 cm³/mol. The molecule has 19 heavy (non-hydrogen) atoms. The summed E-state index contributed by atoms with van der Waals surface area (Å²) in [5.41, 5.74) is 1.64. The van der Waals surface area contributed by atoms with E-state index < -0.39 is 0 Å². The van der Waals surface area contributed by atoms with Gasteiger partial charge in [0.2, 0.25) is 0 Å². The first-order valence-corrected chi connectivity index (χ1v) is 6.60. The van der Waals surface area contributed by atoms with Crippen LogP contribution in [0.1, 0.15) is 5.76 Å². The number of thiazole rings is 1. The van der Waals surface area contributed by atoms with E-state index in [0.29, 0.717) is 15.3 Å². The summed E-state index contributed by atoms with van der Waals surface area (Å²) >= 11 is 1.37. The summed E-state index contributed by atoms with van der Waals surface area (Å²) in [6.45, 7) is 0. The number of hydrogen-bond acceptors (Lipinski definition) is 4. The molecule has 0 fully saturated rings. The van der Waals surface area contributed by atoms with Crippen LogP contribution >= 0.6 is 11.3 Å². The Morgan fingerprint density at radius 1 is 1.21 bits per heavy atom. The van der Waals surface area contributed by atoms with E-state index >= 15 is 0 Å². The fraction of sp³-hybridized carbons (Fsp3) is 0. The first kappa shape index (κ1) is 10.5.